The van der Waals surface area contributed by atoms with E-state index in [1.54, 1.807) is 36.4 Å². The fourth-order valence-electron chi connectivity index (χ4n) is 1.40. The molecule has 0 aliphatic carbocycles. The molecule has 0 aliphatic heterocycles. The molecular formula is C12H13O2P. The number of hydrogen-bond acceptors (Lipinski definition) is 2. The molecular weight excluding hydrogens is 207 g/mol. The van der Waals surface area contributed by atoms with Gasteiger partial charge in [0.15, 0.2) is 0 Å². The van der Waals surface area contributed by atoms with Gasteiger partial charge in [-0.05, 0) is 12.1 Å². The van der Waals surface area contributed by atoms with Crippen LogP contribution in [0, 0.1) is 0 Å². The number of rotatable bonds is 1. The number of benzene rings is 2. The van der Waals surface area contributed by atoms with Gasteiger partial charge in [0.05, 0.1) is 0 Å². The molecule has 1 unspecified atom stereocenters. The zero-order valence-electron chi connectivity index (χ0n) is 8.22. The van der Waals surface area contributed by atoms with E-state index in [1.807, 2.05) is 12.1 Å². The lowest BCUT2D eigenvalue weighted by Gasteiger charge is -2.05. The molecule has 2 nitrogen and oxygen atoms in total. The third-order valence-corrected chi connectivity index (χ3v) is 2.10. The summed E-state index contributed by atoms with van der Waals surface area (Å²) in [5.41, 5.74) is 1.29. The van der Waals surface area contributed by atoms with E-state index < -0.39 is 0 Å². The first-order valence-electron chi connectivity index (χ1n) is 4.35. The third-order valence-electron chi connectivity index (χ3n) is 2.10. The van der Waals surface area contributed by atoms with Crippen LogP contribution in [0.15, 0.2) is 48.5 Å². The molecule has 0 aromatic heterocycles. The predicted octanol–water partition coefficient (Wildman–Crippen LogP) is 2.82. The van der Waals surface area contributed by atoms with Crippen LogP contribution < -0.4 is 0 Å². The highest BCUT2D eigenvalue weighted by Crippen LogP contribution is 2.34. The van der Waals surface area contributed by atoms with Crippen LogP contribution in [0.2, 0.25) is 0 Å². The lowest BCUT2D eigenvalue weighted by Crippen LogP contribution is -1.79. The fraction of sp³-hybridized carbons (Fsp3) is 0. The van der Waals surface area contributed by atoms with Crippen molar-refractivity contribution in [3.05, 3.63) is 48.5 Å². The molecule has 0 saturated carbocycles. The van der Waals surface area contributed by atoms with E-state index >= 15 is 0 Å². The fourth-order valence-corrected chi connectivity index (χ4v) is 1.40. The molecule has 15 heavy (non-hydrogen) atoms. The van der Waals surface area contributed by atoms with Gasteiger partial charge in [-0.3, -0.25) is 0 Å². The first-order chi connectivity index (χ1) is 6.79. The Labute approximate surface area is 91.8 Å². The number of phenolic OH excluding ortho intramolecular Hbond substituents is 2. The summed E-state index contributed by atoms with van der Waals surface area (Å²) in [5.74, 6) is 0.350. The van der Waals surface area contributed by atoms with Gasteiger partial charge < -0.3 is 10.2 Å². The molecule has 0 bridgehead atoms. The van der Waals surface area contributed by atoms with Gasteiger partial charge >= 0.3 is 0 Å². The second-order valence-corrected chi connectivity index (χ2v) is 3.03. The van der Waals surface area contributed by atoms with E-state index in [0.29, 0.717) is 11.1 Å². The summed E-state index contributed by atoms with van der Waals surface area (Å²) in [6.07, 6.45) is 0. The lowest BCUT2D eigenvalue weighted by atomic mass is 10.0. The first-order valence-corrected chi connectivity index (χ1v) is 4.35. The standard InChI is InChI=1S/C12H10O2.H3P/c13-11-7-3-1-5-9(11)10-6-2-4-8-12(10)14;/h1-8,13-14H;1H3. The van der Waals surface area contributed by atoms with E-state index in [-0.39, 0.29) is 21.4 Å². The van der Waals surface area contributed by atoms with Crippen LogP contribution >= 0.6 is 9.90 Å². The molecule has 2 rings (SSSR count). The van der Waals surface area contributed by atoms with Gasteiger partial charge in [0.2, 0.25) is 0 Å². The van der Waals surface area contributed by atoms with Crippen LogP contribution in [0.25, 0.3) is 11.1 Å². The van der Waals surface area contributed by atoms with E-state index in [0.717, 1.165) is 0 Å². The number of para-hydroxylation sites is 2. The Morgan fingerprint density at radius 1 is 0.600 bits per heavy atom. The van der Waals surface area contributed by atoms with Crippen LogP contribution in [0.5, 0.6) is 11.5 Å². The van der Waals surface area contributed by atoms with Gasteiger partial charge in [-0.15, -0.1) is 0 Å². The maximum atomic E-state index is 9.58. The molecule has 2 aromatic carbocycles. The van der Waals surface area contributed by atoms with Crippen LogP contribution in [-0.4, -0.2) is 10.2 Å². The predicted molar refractivity (Wildman–Crippen MR) is 66.3 cm³/mol. The van der Waals surface area contributed by atoms with E-state index in [4.69, 9.17) is 0 Å². The van der Waals surface area contributed by atoms with Crippen molar-refractivity contribution in [2.24, 2.45) is 0 Å². The molecule has 1 atom stereocenters. The zero-order chi connectivity index (χ0) is 9.97. The van der Waals surface area contributed by atoms with Gasteiger partial charge in [0.1, 0.15) is 11.5 Å². The average molecular weight is 220 g/mol. The zero-order valence-corrected chi connectivity index (χ0v) is 9.63. The summed E-state index contributed by atoms with van der Waals surface area (Å²) in [4.78, 5) is 0. The van der Waals surface area contributed by atoms with Crippen LogP contribution in [0.4, 0.5) is 0 Å². The van der Waals surface area contributed by atoms with Gasteiger partial charge in [0, 0.05) is 11.1 Å². The average Bonchev–Trinajstić information content (AvgIpc) is 2.20. The summed E-state index contributed by atoms with van der Waals surface area (Å²) in [5, 5.41) is 19.2. The minimum atomic E-state index is 0. The maximum absolute atomic E-state index is 9.58. The normalized spacial score (nSPS) is 9.33. The van der Waals surface area contributed by atoms with Crippen molar-refractivity contribution in [2.75, 3.05) is 0 Å². The van der Waals surface area contributed by atoms with E-state index in [9.17, 15) is 10.2 Å². The van der Waals surface area contributed by atoms with Crippen molar-refractivity contribution in [2.45, 2.75) is 0 Å². The van der Waals surface area contributed by atoms with Crippen molar-refractivity contribution in [1.82, 2.24) is 0 Å². The summed E-state index contributed by atoms with van der Waals surface area (Å²) >= 11 is 0. The Hall–Kier alpha value is -1.53. The minimum Gasteiger partial charge on any atom is -0.507 e. The maximum Gasteiger partial charge on any atom is 0.123 e. The Morgan fingerprint density at radius 3 is 1.27 bits per heavy atom. The van der Waals surface area contributed by atoms with Crippen LogP contribution in [0.3, 0.4) is 0 Å². The molecule has 2 N–H and O–H groups in total. The van der Waals surface area contributed by atoms with Gasteiger partial charge in [0.25, 0.3) is 0 Å². The summed E-state index contributed by atoms with van der Waals surface area (Å²) in [6, 6.07) is 13.9. The highest BCUT2D eigenvalue weighted by molar-refractivity contribution is 6.92. The molecule has 0 radical (unpaired) electrons. The first kappa shape index (κ1) is 11.5. The molecule has 0 saturated heterocycles. The topological polar surface area (TPSA) is 40.5 Å². The lowest BCUT2D eigenvalue weighted by molar-refractivity contribution is 0.469. The van der Waals surface area contributed by atoms with E-state index in [1.165, 1.54) is 0 Å². The van der Waals surface area contributed by atoms with Crippen molar-refractivity contribution >= 4 is 9.90 Å². The molecule has 3 heteroatoms. The Kier molecular flexibility index (Phi) is 3.70. The van der Waals surface area contributed by atoms with Crippen molar-refractivity contribution in [1.29, 1.82) is 0 Å². The van der Waals surface area contributed by atoms with Crippen molar-refractivity contribution in [3.63, 3.8) is 0 Å². The van der Waals surface area contributed by atoms with Gasteiger partial charge in [-0.25, -0.2) is 0 Å². The van der Waals surface area contributed by atoms with Gasteiger partial charge in [-0.2, -0.15) is 9.90 Å². The Balaban J connectivity index is 0.00000112. The third kappa shape index (κ3) is 2.28. The SMILES string of the molecule is Oc1ccccc1-c1ccccc1O.P. The molecule has 0 fully saturated rings. The van der Waals surface area contributed by atoms with E-state index in [2.05, 4.69) is 0 Å². The van der Waals surface area contributed by atoms with Gasteiger partial charge in [-0.1, -0.05) is 36.4 Å². The van der Waals surface area contributed by atoms with Crippen molar-refractivity contribution in [3.8, 4) is 22.6 Å². The second kappa shape index (κ2) is 4.81. The van der Waals surface area contributed by atoms with Crippen LogP contribution in [0.1, 0.15) is 0 Å². The largest absolute Gasteiger partial charge is 0.507 e. The summed E-state index contributed by atoms with van der Waals surface area (Å²) in [6.45, 7) is 0. The second-order valence-electron chi connectivity index (χ2n) is 3.03. The number of hydrogen-bond donors (Lipinski definition) is 2. The Morgan fingerprint density at radius 2 is 0.933 bits per heavy atom. The smallest absolute Gasteiger partial charge is 0.123 e. The number of phenols is 2. The molecule has 0 aliphatic rings. The van der Waals surface area contributed by atoms with Crippen LogP contribution in [-0.2, 0) is 0 Å². The Bertz CT molecular complexity index is 411. The molecule has 0 spiro atoms. The minimum absolute atomic E-state index is 0. The number of aromatic hydroxyl groups is 2. The molecule has 78 valence electrons. The molecule has 2 aromatic rings. The monoisotopic (exact) mass is 220 g/mol. The highest BCUT2D eigenvalue weighted by atomic mass is 31.0. The quantitative estimate of drug-likeness (QED) is 0.725. The van der Waals surface area contributed by atoms with Crippen molar-refractivity contribution < 1.29 is 10.2 Å². The molecule has 0 amide bonds. The summed E-state index contributed by atoms with van der Waals surface area (Å²) < 4.78 is 0. The molecule has 0 heterocycles. The highest BCUT2D eigenvalue weighted by Gasteiger charge is 2.06. The summed E-state index contributed by atoms with van der Waals surface area (Å²) in [7, 11) is 0.